The average molecular weight is 209 g/mol. The van der Waals surface area contributed by atoms with Crippen molar-refractivity contribution in [3.05, 3.63) is 18.7 Å². The van der Waals surface area contributed by atoms with E-state index >= 15 is 0 Å². The zero-order valence-corrected chi connectivity index (χ0v) is 10.4. The molecule has 0 aliphatic heterocycles. The summed E-state index contributed by atoms with van der Waals surface area (Å²) in [5.41, 5.74) is 0. The topological polar surface area (TPSA) is 8.81 Å². The van der Waals surface area contributed by atoms with Gasteiger partial charge in [0.15, 0.2) is 0 Å². The number of unbranched alkanes of at least 4 members (excludes halogenated alkanes) is 3. The van der Waals surface area contributed by atoms with Gasteiger partial charge in [0, 0.05) is 0 Å². The third kappa shape index (κ3) is 4.06. The number of hydrogen-bond donors (Lipinski definition) is 0. The van der Waals surface area contributed by atoms with Crippen LogP contribution in [0, 0.1) is 0 Å². The van der Waals surface area contributed by atoms with Gasteiger partial charge in [-0.05, 0) is 26.7 Å². The van der Waals surface area contributed by atoms with E-state index in [0.29, 0.717) is 6.04 Å². The fraction of sp³-hybridized carbons (Fsp3) is 0.769. The van der Waals surface area contributed by atoms with Crippen LogP contribution in [0.4, 0.5) is 0 Å². The van der Waals surface area contributed by atoms with E-state index in [9.17, 15) is 0 Å². The van der Waals surface area contributed by atoms with E-state index in [1.165, 1.54) is 32.1 Å². The maximum absolute atomic E-state index is 2.33. The Hall–Kier alpha value is -0.790. The molecule has 15 heavy (non-hydrogen) atoms. The molecule has 0 N–H and O–H groups in total. The van der Waals surface area contributed by atoms with E-state index in [2.05, 4.69) is 48.6 Å². The van der Waals surface area contributed by atoms with Gasteiger partial charge in [-0.15, -0.1) is 0 Å². The Balaban J connectivity index is 2.29. The zero-order chi connectivity index (χ0) is 11.1. The SMILES string of the molecule is CCCCCCC(C)n1cc[n+](CC)c1. The lowest BCUT2D eigenvalue weighted by atomic mass is 10.1. The molecular formula is C13H25N2+. The number of aryl methyl sites for hydroxylation is 1. The average Bonchev–Trinajstić information content (AvgIpc) is 2.72. The molecule has 1 atom stereocenters. The van der Waals surface area contributed by atoms with Crippen molar-refractivity contribution in [1.82, 2.24) is 4.57 Å². The third-order valence-electron chi connectivity index (χ3n) is 3.06. The predicted molar refractivity (Wildman–Crippen MR) is 63.8 cm³/mol. The van der Waals surface area contributed by atoms with Gasteiger partial charge in [0.2, 0.25) is 6.33 Å². The first-order chi connectivity index (χ1) is 7.27. The van der Waals surface area contributed by atoms with Gasteiger partial charge < -0.3 is 0 Å². The number of nitrogens with zero attached hydrogens (tertiary/aromatic N) is 2. The van der Waals surface area contributed by atoms with E-state index in [0.717, 1.165) is 6.54 Å². The Kier molecular flexibility index (Phi) is 5.44. The summed E-state index contributed by atoms with van der Waals surface area (Å²) in [7, 11) is 0. The van der Waals surface area contributed by atoms with Gasteiger partial charge >= 0.3 is 0 Å². The van der Waals surface area contributed by atoms with Crippen molar-refractivity contribution in [2.24, 2.45) is 0 Å². The number of imidazole rings is 1. The van der Waals surface area contributed by atoms with Crippen LogP contribution < -0.4 is 4.57 Å². The van der Waals surface area contributed by atoms with Crippen LogP contribution in [0.1, 0.15) is 58.9 Å². The molecule has 0 radical (unpaired) electrons. The van der Waals surface area contributed by atoms with E-state index < -0.39 is 0 Å². The predicted octanol–water partition coefficient (Wildman–Crippen LogP) is 3.33. The first kappa shape index (κ1) is 12.3. The minimum atomic E-state index is 0.648. The fourth-order valence-corrected chi connectivity index (χ4v) is 1.87. The highest BCUT2D eigenvalue weighted by atomic mass is 15.1. The van der Waals surface area contributed by atoms with E-state index in [1.807, 2.05) is 0 Å². The van der Waals surface area contributed by atoms with Crippen molar-refractivity contribution in [3.63, 3.8) is 0 Å². The Morgan fingerprint density at radius 3 is 2.60 bits per heavy atom. The minimum Gasteiger partial charge on any atom is -0.237 e. The van der Waals surface area contributed by atoms with Gasteiger partial charge in [-0.25, -0.2) is 9.13 Å². The molecule has 0 amide bonds. The van der Waals surface area contributed by atoms with Crippen LogP contribution in [0.15, 0.2) is 18.7 Å². The fourth-order valence-electron chi connectivity index (χ4n) is 1.87. The van der Waals surface area contributed by atoms with E-state index in [-0.39, 0.29) is 0 Å². The van der Waals surface area contributed by atoms with Crippen LogP contribution >= 0.6 is 0 Å². The minimum absolute atomic E-state index is 0.648. The molecule has 2 heteroatoms. The van der Waals surface area contributed by atoms with Crippen LogP contribution in [0.3, 0.4) is 0 Å². The van der Waals surface area contributed by atoms with E-state index in [1.54, 1.807) is 0 Å². The summed E-state index contributed by atoms with van der Waals surface area (Å²) >= 11 is 0. The second-order valence-corrected chi connectivity index (χ2v) is 4.39. The van der Waals surface area contributed by atoms with Crippen molar-refractivity contribution in [3.8, 4) is 0 Å². The molecule has 0 fully saturated rings. The number of hydrogen-bond acceptors (Lipinski definition) is 0. The van der Waals surface area contributed by atoms with Gasteiger partial charge in [-0.2, -0.15) is 0 Å². The monoisotopic (exact) mass is 209 g/mol. The lowest BCUT2D eigenvalue weighted by molar-refractivity contribution is -0.693. The van der Waals surface area contributed by atoms with Crippen LogP contribution in [-0.2, 0) is 6.54 Å². The zero-order valence-electron chi connectivity index (χ0n) is 10.4. The molecule has 1 aromatic rings. The van der Waals surface area contributed by atoms with Crippen LogP contribution in [0.25, 0.3) is 0 Å². The second kappa shape index (κ2) is 6.65. The Bertz CT molecular complexity index is 265. The summed E-state index contributed by atoms with van der Waals surface area (Å²) in [6.07, 6.45) is 13.3. The van der Waals surface area contributed by atoms with Gasteiger partial charge in [0.1, 0.15) is 12.4 Å². The summed E-state index contributed by atoms with van der Waals surface area (Å²) in [4.78, 5) is 0. The normalized spacial score (nSPS) is 13.0. The van der Waals surface area contributed by atoms with Gasteiger partial charge in [0.25, 0.3) is 0 Å². The van der Waals surface area contributed by atoms with Gasteiger partial charge in [0.05, 0.1) is 12.6 Å². The molecule has 1 aromatic heterocycles. The summed E-state index contributed by atoms with van der Waals surface area (Å²) in [5, 5.41) is 0. The summed E-state index contributed by atoms with van der Waals surface area (Å²) in [5.74, 6) is 0. The maximum atomic E-state index is 2.33. The largest absolute Gasteiger partial charge is 0.243 e. The Morgan fingerprint density at radius 2 is 2.00 bits per heavy atom. The van der Waals surface area contributed by atoms with Crippen LogP contribution in [-0.4, -0.2) is 4.57 Å². The molecule has 1 heterocycles. The van der Waals surface area contributed by atoms with Crippen LogP contribution in [0.2, 0.25) is 0 Å². The Labute approximate surface area is 93.9 Å². The molecule has 1 rings (SSSR count). The van der Waals surface area contributed by atoms with Crippen molar-refractivity contribution in [1.29, 1.82) is 0 Å². The molecule has 0 saturated carbocycles. The first-order valence-electron chi connectivity index (χ1n) is 6.34. The van der Waals surface area contributed by atoms with Crippen molar-refractivity contribution < 1.29 is 4.57 Å². The highest BCUT2D eigenvalue weighted by Crippen LogP contribution is 2.14. The molecule has 0 bridgehead atoms. The molecular weight excluding hydrogens is 184 g/mol. The lowest BCUT2D eigenvalue weighted by Gasteiger charge is -2.07. The van der Waals surface area contributed by atoms with Crippen molar-refractivity contribution >= 4 is 0 Å². The third-order valence-corrected chi connectivity index (χ3v) is 3.06. The molecule has 0 spiro atoms. The summed E-state index contributed by atoms with van der Waals surface area (Å²) < 4.78 is 4.55. The van der Waals surface area contributed by atoms with Gasteiger partial charge in [-0.1, -0.05) is 26.2 Å². The number of rotatable bonds is 7. The maximum Gasteiger partial charge on any atom is 0.243 e. The highest BCUT2D eigenvalue weighted by molar-refractivity contribution is 4.72. The van der Waals surface area contributed by atoms with Crippen molar-refractivity contribution in [2.75, 3.05) is 0 Å². The Morgan fingerprint density at radius 1 is 1.20 bits per heavy atom. The standard InChI is InChI=1S/C13H25N2/c1-4-6-7-8-9-13(3)15-11-10-14(5-2)12-15/h10-13H,4-9H2,1-3H3/q+1. The molecule has 0 aliphatic carbocycles. The van der Waals surface area contributed by atoms with Crippen LogP contribution in [0.5, 0.6) is 0 Å². The molecule has 0 saturated heterocycles. The molecule has 2 nitrogen and oxygen atoms in total. The summed E-state index contributed by atoms with van der Waals surface area (Å²) in [6.45, 7) is 7.82. The quantitative estimate of drug-likeness (QED) is 0.481. The molecule has 1 unspecified atom stereocenters. The highest BCUT2D eigenvalue weighted by Gasteiger charge is 2.10. The van der Waals surface area contributed by atoms with E-state index in [4.69, 9.17) is 0 Å². The second-order valence-electron chi connectivity index (χ2n) is 4.39. The smallest absolute Gasteiger partial charge is 0.237 e. The molecule has 0 aliphatic rings. The number of aromatic nitrogens is 2. The first-order valence-corrected chi connectivity index (χ1v) is 6.34. The molecule has 86 valence electrons. The summed E-state index contributed by atoms with van der Waals surface area (Å²) in [6, 6.07) is 0.648. The van der Waals surface area contributed by atoms with Gasteiger partial charge in [-0.3, -0.25) is 0 Å². The lowest BCUT2D eigenvalue weighted by Crippen LogP contribution is -2.29. The van der Waals surface area contributed by atoms with Crippen molar-refractivity contribution in [2.45, 2.75) is 65.5 Å². The molecule has 0 aromatic carbocycles.